The van der Waals surface area contributed by atoms with Crippen LogP contribution in [-0.4, -0.2) is 28.9 Å². The first-order valence-corrected chi connectivity index (χ1v) is 8.67. The SMILES string of the molecule is CC(c1ccccc1)N(CC(=O)NCc1cccnc1)CC1CC1. The quantitative estimate of drug-likeness (QED) is 0.811. The zero-order chi connectivity index (χ0) is 16.8. The number of amides is 1. The van der Waals surface area contributed by atoms with E-state index in [1.54, 1.807) is 12.4 Å². The summed E-state index contributed by atoms with van der Waals surface area (Å²) >= 11 is 0. The molecule has 1 aromatic carbocycles. The molecule has 0 aliphatic heterocycles. The molecular weight excluding hydrogens is 298 g/mol. The van der Waals surface area contributed by atoms with Crippen LogP contribution in [0.2, 0.25) is 0 Å². The van der Waals surface area contributed by atoms with Crippen molar-refractivity contribution in [3.05, 3.63) is 66.0 Å². The number of aromatic nitrogens is 1. The zero-order valence-corrected chi connectivity index (χ0v) is 14.2. The largest absolute Gasteiger partial charge is 0.351 e. The summed E-state index contributed by atoms with van der Waals surface area (Å²) in [5.74, 6) is 0.824. The van der Waals surface area contributed by atoms with Crippen LogP contribution in [0.3, 0.4) is 0 Å². The van der Waals surface area contributed by atoms with Gasteiger partial charge in [-0.15, -0.1) is 0 Å². The first-order chi connectivity index (χ1) is 11.7. The smallest absolute Gasteiger partial charge is 0.234 e. The predicted molar refractivity (Wildman–Crippen MR) is 95.2 cm³/mol. The number of rotatable bonds is 8. The van der Waals surface area contributed by atoms with Crippen LogP contribution in [0.5, 0.6) is 0 Å². The topological polar surface area (TPSA) is 45.2 Å². The minimum absolute atomic E-state index is 0.0716. The number of nitrogens with zero attached hydrogens (tertiary/aromatic N) is 2. The molecule has 126 valence electrons. The summed E-state index contributed by atoms with van der Waals surface area (Å²) in [6, 6.07) is 14.5. The molecule has 0 spiro atoms. The third-order valence-corrected chi connectivity index (χ3v) is 4.58. The molecule has 1 aliphatic carbocycles. The zero-order valence-electron chi connectivity index (χ0n) is 14.2. The number of nitrogens with one attached hydrogen (secondary N) is 1. The van der Waals surface area contributed by atoms with Gasteiger partial charge in [0.05, 0.1) is 6.54 Å². The summed E-state index contributed by atoms with van der Waals surface area (Å²) < 4.78 is 0. The van der Waals surface area contributed by atoms with Crippen molar-refractivity contribution in [2.75, 3.05) is 13.1 Å². The maximum Gasteiger partial charge on any atom is 0.234 e. The van der Waals surface area contributed by atoms with Gasteiger partial charge in [-0.2, -0.15) is 0 Å². The van der Waals surface area contributed by atoms with Crippen molar-refractivity contribution in [3.8, 4) is 0 Å². The average Bonchev–Trinajstić information content (AvgIpc) is 3.44. The number of benzene rings is 1. The van der Waals surface area contributed by atoms with E-state index < -0.39 is 0 Å². The predicted octanol–water partition coefficient (Wildman–Crippen LogP) is 3.17. The Morgan fingerprint density at radius 2 is 2.04 bits per heavy atom. The van der Waals surface area contributed by atoms with E-state index in [1.165, 1.54) is 18.4 Å². The number of hydrogen-bond acceptors (Lipinski definition) is 3. The van der Waals surface area contributed by atoms with E-state index in [1.807, 2.05) is 18.2 Å². The van der Waals surface area contributed by atoms with Gasteiger partial charge in [-0.25, -0.2) is 0 Å². The lowest BCUT2D eigenvalue weighted by Gasteiger charge is -2.29. The van der Waals surface area contributed by atoms with Gasteiger partial charge in [0.15, 0.2) is 0 Å². The van der Waals surface area contributed by atoms with Crippen LogP contribution in [0.25, 0.3) is 0 Å². The van der Waals surface area contributed by atoms with Crippen LogP contribution < -0.4 is 5.32 Å². The van der Waals surface area contributed by atoms with Crippen LogP contribution in [0, 0.1) is 5.92 Å². The lowest BCUT2D eigenvalue weighted by atomic mass is 10.1. The second-order valence-electron chi connectivity index (χ2n) is 6.60. The van der Waals surface area contributed by atoms with Crippen LogP contribution in [0.1, 0.15) is 36.9 Å². The first-order valence-electron chi connectivity index (χ1n) is 8.67. The molecule has 2 aromatic rings. The first kappa shape index (κ1) is 16.7. The molecule has 1 N–H and O–H groups in total. The van der Waals surface area contributed by atoms with E-state index in [-0.39, 0.29) is 11.9 Å². The third-order valence-electron chi connectivity index (χ3n) is 4.58. The van der Waals surface area contributed by atoms with Gasteiger partial charge in [0.2, 0.25) is 5.91 Å². The Morgan fingerprint density at radius 1 is 1.25 bits per heavy atom. The third kappa shape index (κ3) is 4.90. The van der Waals surface area contributed by atoms with Crippen molar-refractivity contribution in [1.82, 2.24) is 15.2 Å². The van der Waals surface area contributed by atoms with Gasteiger partial charge in [0, 0.05) is 31.5 Å². The van der Waals surface area contributed by atoms with Crippen molar-refractivity contribution in [3.63, 3.8) is 0 Å². The number of hydrogen-bond donors (Lipinski definition) is 1. The van der Waals surface area contributed by atoms with Crippen molar-refractivity contribution in [2.45, 2.75) is 32.4 Å². The molecule has 1 aliphatic rings. The minimum atomic E-state index is 0.0716. The Bertz CT molecular complexity index is 640. The maximum atomic E-state index is 12.4. The Kier molecular flexibility index (Phi) is 5.59. The molecule has 0 saturated heterocycles. The Morgan fingerprint density at radius 3 is 2.71 bits per heavy atom. The van der Waals surface area contributed by atoms with Crippen molar-refractivity contribution >= 4 is 5.91 Å². The van der Waals surface area contributed by atoms with Gasteiger partial charge >= 0.3 is 0 Å². The van der Waals surface area contributed by atoms with Gasteiger partial charge in [-0.3, -0.25) is 14.7 Å². The van der Waals surface area contributed by atoms with Gasteiger partial charge in [0.25, 0.3) is 0 Å². The minimum Gasteiger partial charge on any atom is -0.351 e. The van der Waals surface area contributed by atoms with Gasteiger partial charge in [-0.05, 0) is 42.9 Å². The summed E-state index contributed by atoms with van der Waals surface area (Å²) in [7, 11) is 0. The van der Waals surface area contributed by atoms with Crippen molar-refractivity contribution in [2.24, 2.45) is 5.92 Å². The van der Waals surface area contributed by atoms with Crippen LogP contribution in [-0.2, 0) is 11.3 Å². The lowest BCUT2D eigenvalue weighted by molar-refractivity contribution is -0.123. The Balaban J connectivity index is 1.58. The molecular formula is C20H25N3O. The molecule has 0 radical (unpaired) electrons. The summed E-state index contributed by atoms with van der Waals surface area (Å²) in [6.45, 7) is 4.15. The number of carbonyl (C=O) groups is 1. The molecule has 4 heteroatoms. The fourth-order valence-corrected chi connectivity index (χ4v) is 2.88. The standard InChI is InChI=1S/C20H25N3O/c1-16(19-7-3-2-4-8-19)23(14-17-9-10-17)15-20(24)22-13-18-6-5-11-21-12-18/h2-8,11-12,16-17H,9-10,13-15H2,1H3,(H,22,24). The Labute approximate surface area is 143 Å². The highest BCUT2D eigenvalue weighted by Crippen LogP contribution is 2.32. The molecule has 1 fully saturated rings. The summed E-state index contributed by atoms with van der Waals surface area (Å²) in [4.78, 5) is 18.8. The van der Waals surface area contributed by atoms with Gasteiger partial charge in [0.1, 0.15) is 0 Å². The highest BCUT2D eigenvalue weighted by molar-refractivity contribution is 5.78. The summed E-state index contributed by atoms with van der Waals surface area (Å²) in [5, 5.41) is 3.01. The number of carbonyl (C=O) groups excluding carboxylic acids is 1. The van der Waals surface area contributed by atoms with Crippen LogP contribution in [0.4, 0.5) is 0 Å². The average molecular weight is 323 g/mol. The molecule has 0 bridgehead atoms. The normalized spacial score (nSPS) is 15.2. The van der Waals surface area contributed by atoms with Crippen molar-refractivity contribution < 1.29 is 4.79 Å². The van der Waals surface area contributed by atoms with E-state index in [0.717, 1.165) is 18.0 Å². The molecule has 24 heavy (non-hydrogen) atoms. The molecule has 1 heterocycles. The highest BCUT2D eigenvalue weighted by Gasteiger charge is 2.28. The lowest BCUT2D eigenvalue weighted by Crippen LogP contribution is -2.39. The molecule has 1 saturated carbocycles. The van der Waals surface area contributed by atoms with Gasteiger partial charge in [-0.1, -0.05) is 36.4 Å². The van der Waals surface area contributed by atoms with E-state index in [9.17, 15) is 4.79 Å². The maximum absolute atomic E-state index is 12.4. The Hall–Kier alpha value is -2.20. The molecule has 1 atom stereocenters. The highest BCUT2D eigenvalue weighted by atomic mass is 16.2. The van der Waals surface area contributed by atoms with Gasteiger partial charge < -0.3 is 5.32 Å². The van der Waals surface area contributed by atoms with E-state index in [0.29, 0.717) is 13.1 Å². The molecule has 3 rings (SSSR count). The number of pyridine rings is 1. The second kappa shape index (κ2) is 8.06. The summed E-state index contributed by atoms with van der Waals surface area (Å²) in [5.41, 5.74) is 2.29. The van der Waals surface area contributed by atoms with E-state index in [2.05, 4.69) is 46.4 Å². The van der Waals surface area contributed by atoms with E-state index >= 15 is 0 Å². The molecule has 1 aromatic heterocycles. The monoisotopic (exact) mass is 323 g/mol. The van der Waals surface area contributed by atoms with Crippen LogP contribution >= 0.6 is 0 Å². The molecule has 4 nitrogen and oxygen atoms in total. The fourth-order valence-electron chi connectivity index (χ4n) is 2.88. The molecule has 1 unspecified atom stereocenters. The van der Waals surface area contributed by atoms with Crippen LogP contribution in [0.15, 0.2) is 54.9 Å². The molecule has 1 amide bonds. The summed E-state index contributed by atoms with van der Waals surface area (Å²) in [6.07, 6.45) is 6.10. The van der Waals surface area contributed by atoms with Crippen molar-refractivity contribution in [1.29, 1.82) is 0 Å². The fraction of sp³-hybridized carbons (Fsp3) is 0.400. The van der Waals surface area contributed by atoms with E-state index in [4.69, 9.17) is 0 Å². The second-order valence-corrected chi connectivity index (χ2v) is 6.60.